The molecule has 0 saturated heterocycles. The zero-order valence-corrected chi connectivity index (χ0v) is 15.1. The molecule has 1 aliphatic carbocycles. The predicted octanol–water partition coefficient (Wildman–Crippen LogP) is 3.95. The van der Waals surface area contributed by atoms with Crippen LogP contribution < -0.4 is 5.32 Å². The maximum atomic E-state index is 12.3. The van der Waals surface area contributed by atoms with E-state index in [4.69, 9.17) is 22.3 Å². The molecule has 21 heavy (non-hydrogen) atoms. The van der Waals surface area contributed by atoms with Crippen molar-refractivity contribution >= 4 is 53.2 Å². The summed E-state index contributed by atoms with van der Waals surface area (Å²) in [4.78, 5) is 12.0. The van der Waals surface area contributed by atoms with Crippen LogP contribution in [-0.2, 0) is 9.05 Å². The maximum Gasteiger partial charge on any atom is 0.262 e. The first-order chi connectivity index (χ1) is 9.70. The Kier molecular flexibility index (Phi) is 5.23. The molecule has 0 spiro atoms. The van der Waals surface area contributed by atoms with Crippen molar-refractivity contribution in [2.45, 2.75) is 37.1 Å². The van der Waals surface area contributed by atoms with Crippen molar-refractivity contribution in [2.75, 3.05) is 0 Å². The van der Waals surface area contributed by atoms with Crippen LogP contribution in [0.3, 0.4) is 0 Å². The standard InChI is InChI=1S/C13H14BrCl2NO3S/c1-7(8-3-2-4-8)17-13(18)10-5-9(14)6-11(12(10)15)21(16,19)20/h5-8H,2-4H2,1H3,(H,17,18). The molecule has 0 bridgehead atoms. The fourth-order valence-electron chi connectivity index (χ4n) is 2.25. The molecule has 1 aliphatic rings. The number of benzene rings is 1. The molecule has 2 rings (SSSR count). The summed E-state index contributed by atoms with van der Waals surface area (Å²) in [6, 6.07) is 2.78. The van der Waals surface area contributed by atoms with Crippen LogP contribution in [0.1, 0.15) is 36.5 Å². The van der Waals surface area contributed by atoms with Crippen molar-refractivity contribution in [1.29, 1.82) is 0 Å². The fourth-order valence-corrected chi connectivity index (χ4v) is 4.43. The second-order valence-electron chi connectivity index (χ2n) is 5.16. The van der Waals surface area contributed by atoms with E-state index in [1.807, 2.05) is 6.92 Å². The minimum atomic E-state index is -4.02. The van der Waals surface area contributed by atoms with Crippen LogP contribution in [0.2, 0.25) is 5.02 Å². The fraction of sp³-hybridized carbons (Fsp3) is 0.462. The van der Waals surface area contributed by atoms with E-state index < -0.39 is 15.0 Å². The second-order valence-corrected chi connectivity index (χ2v) is 8.98. The van der Waals surface area contributed by atoms with Gasteiger partial charge in [-0.15, -0.1) is 0 Å². The predicted molar refractivity (Wildman–Crippen MR) is 86.5 cm³/mol. The molecule has 1 aromatic rings. The van der Waals surface area contributed by atoms with E-state index in [0.717, 1.165) is 12.8 Å². The van der Waals surface area contributed by atoms with E-state index in [1.54, 1.807) is 0 Å². The Morgan fingerprint density at radius 2 is 2.05 bits per heavy atom. The third kappa shape index (κ3) is 3.92. The average molecular weight is 415 g/mol. The van der Waals surface area contributed by atoms with Gasteiger partial charge in [-0.3, -0.25) is 4.79 Å². The molecule has 0 aromatic heterocycles. The van der Waals surface area contributed by atoms with Crippen LogP contribution in [0.5, 0.6) is 0 Å². The van der Waals surface area contributed by atoms with E-state index >= 15 is 0 Å². The molecule has 0 radical (unpaired) electrons. The first-order valence-corrected chi connectivity index (χ1v) is 9.92. The molecule has 116 valence electrons. The Morgan fingerprint density at radius 3 is 2.52 bits per heavy atom. The van der Waals surface area contributed by atoms with Crippen LogP contribution >= 0.6 is 38.2 Å². The number of amides is 1. The molecule has 0 aliphatic heterocycles. The van der Waals surface area contributed by atoms with Crippen molar-refractivity contribution in [2.24, 2.45) is 5.92 Å². The molecule has 1 N–H and O–H groups in total. The van der Waals surface area contributed by atoms with Crippen LogP contribution in [0.25, 0.3) is 0 Å². The Bertz CT molecular complexity index is 674. The summed E-state index contributed by atoms with van der Waals surface area (Å²) in [6.07, 6.45) is 3.36. The molecule has 4 nitrogen and oxygen atoms in total. The minimum absolute atomic E-state index is 0.0253. The molecule has 1 atom stereocenters. The number of halogens is 3. The zero-order valence-electron chi connectivity index (χ0n) is 11.2. The zero-order chi connectivity index (χ0) is 15.8. The molecule has 0 heterocycles. The van der Waals surface area contributed by atoms with Gasteiger partial charge in [-0.05, 0) is 37.8 Å². The van der Waals surface area contributed by atoms with Gasteiger partial charge in [0, 0.05) is 21.2 Å². The van der Waals surface area contributed by atoms with Gasteiger partial charge in [-0.2, -0.15) is 0 Å². The van der Waals surface area contributed by atoms with Crippen LogP contribution in [-0.4, -0.2) is 20.4 Å². The van der Waals surface area contributed by atoms with Crippen molar-refractivity contribution in [3.8, 4) is 0 Å². The smallest absolute Gasteiger partial charge is 0.262 e. The lowest BCUT2D eigenvalue weighted by atomic mass is 9.80. The molecule has 1 unspecified atom stereocenters. The van der Waals surface area contributed by atoms with Crippen LogP contribution in [0.4, 0.5) is 0 Å². The van der Waals surface area contributed by atoms with Crippen molar-refractivity contribution in [1.82, 2.24) is 5.32 Å². The monoisotopic (exact) mass is 413 g/mol. The summed E-state index contributed by atoms with van der Waals surface area (Å²) >= 11 is 9.19. The number of hydrogen-bond acceptors (Lipinski definition) is 3. The first-order valence-electron chi connectivity index (χ1n) is 6.44. The highest BCUT2D eigenvalue weighted by atomic mass is 79.9. The summed E-state index contributed by atoms with van der Waals surface area (Å²) in [5.74, 6) is 0.0679. The number of carbonyl (C=O) groups excluding carboxylic acids is 1. The number of rotatable bonds is 4. The highest BCUT2D eigenvalue weighted by Gasteiger charge is 2.27. The van der Waals surface area contributed by atoms with E-state index in [-0.39, 0.29) is 21.5 Å². The van der Waals surface area contributed by atoms with Crippen molar-refractivity contribution in [3.05, 3.63) is 27.2 Å². The van der Waals surface area contributed by atoms with Gasteiger partial charge in [-0.1, -0.05) is 34.0 Å². The third-order valence-electron chi connectivity index (χ3n) is 3.73. The Morgan fingerprint density at radius 1 is 1.43 bits per heavy atom. The highest BCUT2D eigenvalue weighted by molar-refractivity contribution is 9.10. The van der Waals surface area contributed by atoms with E-state index in [9.17, 15) is 13.2 Å². The topological polar surface area (TPSA) is 63.2 Å². The summed E-state index contributed by atoms with van der Waals surface area (Å²) in [5, 5.41) is 2.70. The summed E-state index contributed by atoms with van der Waals surface area (Å²) in [5.41, 5.74) is 0.0939. The van der Waals surface area contributed by atoms with Gasteiger partial charge in [0.15, 0.2) is 0 Å². The Balaban J connectivity index is 2.30. The second kappa shape index (κ2) is 6.44. The van der Waals surface area contributed by atoms with E-state index in [2.05, 4.69) is 21.2 Å². The summed E-state index contributed by atoms with van der Waals surface area (Å²) < 4.78 is 23.4. The molecular formula is C13H14BrCl2NO3S. The van der Waals surface area contributed by atoms with Crippen LogP contribution in [0, 0.1) is 5.92 Å². The number of carbonyl (C=O) groups is 1. The van der Waals surface area contributed by atoms with Gasteiger partial charge in [0.25, 0.3) is 15.0 Å². The maximum absolute atomic E-state index is 12.3. The van der Waals surface area contributed by atoms with Gasteiger partial charge in [0.1, 0.15) is 4.90 Å². The molecule has 1 aromatic carbocycles. The van der Waals surface area contributed by atoms with Crippen LogP contribution in [0.15, 0.2) is 21.5 Å². The lowest BCUT2D eigenvalue weighted by Crippen LogP contribution is -2.40. The van der Waals surface area contributed by atoms with Gasteiger partial charge in [0.2, 0.25) is 0 Å². The SMILES string of the molecule is CC(NC(=O)c1cc(Br)cc(S(=O)(=O)Cl)c1Cl)C1CCC1. The van der Waals surface area contributed by atoms with Crippen molar-refractivity contribution < 1.29 is 13.2 Å². The van der Waals surface area contributed by atoms with Gasteiger partial charge in [-0.25, -0.2) is 8.42 Å². The molecule has 1 fully saturated rings. The molecule has 8 heteroatoms. The normalized spacial score (nSPS) is 17.1. The number of hydrogen-bond donors (Lipinski definition) is 1. The lowest BCUT2D eigenvalue weighted by molar-refractivity contribution is 0.0909. The van der Waals surface area contributed by atoms with E-state index in [0.29, 0.717) is 10.4 Å². The average Bonchev–Trinajstić information content (AvgIpc) is 2.27. The summed E-state index contributed by atoms with van der Waals surface area (Å²) in [6.45, 7) is 1.94. The largest absolute Gasteiger partial charge is 0.349 e. The van der Waals surface area contributed by atoms with Gasteiger partial charge >= 0.3 is 0 Å². The lowest BCUT2D eigenvalue weighted by Gasteiger charge is -2.32. The third-order valence-corrected chi connectivity index (χ3v) is 6.05. The van der Waals surface area contributed by atoms with Gasteiger partial charge < -0.3 is 5.32 Å². The first kappa shape index (κ1) is 17.1. The highest BCUT2D eigenvalue weighted by Crippen LogP contribution is 2.33. The minimum Gasteiger partial charge on any atom is -0.349 e. The molecule has 1 saturated carbocycles. The summed E-state index contributed by atoms with van der Waals surface area (Å²) in [7, 11) is 1.32. The Hall–Kier alpha value is -0.300. The number of nitrogens with one attached hydrogen (secondary N) is 1. The van der Waals surface area contributed by atoms with Gasteiger partial charge in [0.05, 0.1) is 10.6 Å². The van der Waals surface area contributed by atoms with Crippen molar-refractivity contribution in [3.63, 3.8) is 0 Å². The quantitative estimate of drug-likeness (QED) is 0.758. The molecular weight excluding hydrogens is 401 g/mol. The molecule has 1 amide bonds. The Labute approximate surface area is 141 Å². The van der Waals surface area contributed by atoms with E-state index in [1.165, 1.54) is 18.6 Å².